The summed E-state index contributed by atoms with van der Waals surface area (Å²) in [7, 11) is -3.67. The van der Waals surface area contributed by atoms with E-state index >= 15 is 0 Å². The Morgan fingerprint density at radius 1 is 1.12 bits per heavy atom. The molecule has 1 aliphatic rings. The number of ether oxygens (including phenoxy) is 2. The Hall–Kier alpha value is -2.35. The molecule has 0 radical (unpaired) electrons. The minimum Gasteiger partial charge on any atom is -0.454 e. The number of hydrogen-bond acceptors (Lipinski definition) is 5. The first-order valence-corrected chi connectivity index (χ1v) is 9.85. The number of halogens is 1. The van der Waals surface area contributed by atoms with Crippen molar-refractivity contribution in [1.29, 1.82) is 0 Å². The van der Waals surface area contributed by atoms with E-state index in [9.17, 15) is 8.42 Å². The van der Waals surface area contributed by atoms with Crippen molar-refractivity contribution in [2.75, 3.05) is 13.0 Å². The van der Waals surface area contributed by atoms with Crippen LogP contribution in [0.2, 0.25) is 5.02 Å². The van der Waals surface area contributed by atoms with Crippen molar-refractivity contribution < 1.29 is 22.4 Å². The molecule has 4 rings (SSSR count). The molecule has 1 aliphatic heterocycles. The first-order chi connectivity index (χ1) is 12.3. The highest BCUT2D eigenvalue weighted by atomic mass is 35.5. The summed E-state index contributed by atoms with van der Waals surface area (Å²) < 4.78 is 36.7. The van der Waals surface area contributed by atoms with Crippen molar-refractivity contribution in [2.45, 2.75) is 6.42 Å². The zero-order valence-corrected chi connectivity index (χ0v) is 15.4. The van der Waals surface area contributed by atoms with Gasteiger partial charge in [0.25, 0.3) is 10.1 Å². The van der Waals surface area contributed by atoms with Crippen molar-refractivity contribution in [1.82, 2.24) is 4.98 Å². The molecule has 0 amide bonds. The van der Waals surface area contributed by atoms with Crippen LogP contribution in [0.4, 0.5) is 0 Å². The van der Waals surface area contributed by atoms with Crippen LogP contribution in [0.25, 0.3) is 10.8 Å². The van der Waals surface area contributed by atoms with Gasteiger partial charge in [0, 0.05) is 22.8 Å². The predicted molar refractivity (Wildman–Crippen MR) is 99.6 cm³/mol. The van der Waals surface area contributed by atoms with Crippen LogP contribution in [-0.2, 0) is 16.5 Å². The van der Waals surface area contributed by atoms with E-state index in [2.05, 4.69) is 4.98 Å². The van der Waals surface area contributed by atoms with Gasteiger partial charge in [0.15, 0.2) is 11.5 Å². The van der Waals surface area contributed by atoms with Gasteiger partial charge >= 0.3 is 0 Å². The molecule has 0 saturated carbocycles. The lowest BCUT2D eigenvalue weighted by atomic mass is 10.0. The highest BCUT2D eigenvalue weighted by Crippen LogP contribution is 2.37. The van der Waals surface area contributed by atoms with Crippen LogP contribution in [0.5, 0.6) is 11.5 Å². The van der Waals surface area contributed by atoms with Gasteiger partial charge in [-0.1, -0.05) is 23.7 Å². The average Bonchev–Trinajstić information content (AvgIpc) is 3.01. The van der Waals surface area contributed by atoms with Crippen LogP contribution in [0, 0.1) is 0 Å². The van der Waals surface area contributed by atoms with Crippen LogP contribution in [0.1, 0.15) is 11.1 Å². The molecule has 0 atom stereocenters. The van der Waals surface area contributed by atoms with Gasteiger partial charge in [0.1, 0.15) is 0 Å². The molecule has 8 heteroatoms. The summed E-state index contributed by atoms with van der Waals surface area (Å²) in [5.41, 5.74) is 2.36. The lowest BCUT2D eigenvalue weighted by molar-refractivity contribution is 0.174. The lowest BCUT2D eigenvalue weighted by Crippen LogP contribution is -1.93. The second-order valence-electron chi connectivity index (χ2n) is 5.76. The molecule has 0 bridgehead atoms. The van der Waals surface area contributed by atoms with Gasteiger partial charge in [-0.25, -0.2) is 0 Å². The number of pyridine rings is 1. The van der Waals surface area contributed by atoms with E-state index in [0.717, 1.165) is 39.3 Å². The van der Waals surface area contributed by atoms with E-state index in [-0.39, 0.29) is 6.79 Å². The third kappa shape index (κ3) is 4.85. The second-order valence-corrected chi connectivity index (χ2v) is 7.66. The van der Waals surface area contributed by atoms with Crippen LogP contribution in [-0.4, -0.2) is 31.0 Å². The molecule has 2 heterocycles. The molecule has 1 N–H and O–H groups in total. The lowest BCUT2D eigenvalue weighted by Gasteiger charge is -2.07. The smallest absolute Gasteiger partial charge is 0.261 e. The molecule has 2 aromatic carbocycles. The number of aromatic nitrogens is 1. The summed E-state index contributed by atoms with van der Waals surface area (Å²) in [6, 6.07) is 11.9. The third-order valence-corrected chi connectivity index (χ3v) is 3.89. The van der Waals surface area contributed by atoms with Crippen molar-refractivity contribution in [3.63, 3.8) is 0 Å². The largest absolute Gasteiger partial charge is 0.454 e. The topological polar surface area (TPSA) is 85.7 Å². The third-order valence-electron chi connectivity index (χ3n) is 3.64. The standard InChI is InChI=1S/C17H12ClNO2.CH4O3S/c18-14-3-1-11(2-4-14)5-12-8-19-9-13-6-16-17(7-15(12)13)21-10-20-16;1-5(2,3)4/h1-4,6-9H,5,10H2;1H3,(H,2,3,4). The Balaban J connectivity index is 0.000000349. The normalized spacial score (nSPS) is 12.6. The van der Waals surface area contributed by atoms with Gasteiger partial charge in [-0.15, -0.1) is 0 Å². The van der Waals surface area contributed by atoms with Gasteiger partial charge in [0.2, 0.25) is 6.79 Å². The highest BCUT2D eigenvalue weighted by molar-refractivity contribution is 7.85. The second kappa shape index (κ2) is 7.49. The molecule has 136 valence electrons. The molecule has 1 aromatic heterocycles. The van der Waals surface area contributed by atoms with E-state index in [1.807, 2.05) is 48.8 Å². The van der Waals surface area contributed by atoms with Crippen LogP contribution in [0.3, 0.4) is 0 Å². The minimum absolute atomic E-state index is 0.283. The molecule has 0 fully saturated rings. The quantitative estimate of drug-likeness (QED) is 0.668. The fourth-order valence-corrected chi connectivity index (χ4v) is 2.71. The van der Waals surface area contributed by atoms with Gasteiger partial charge < -0.3 is 9.47 Å². The van der Waals surface area contributed by atoms with Gasteiger partial charge in [-0.2, -0.15) is 8.42 Å². The van der Waals surface area contributed by atoms with E-state index in [1.165, 1.54) is 5.56 Å². The Labute approximate surface area is 156 Å². The average molecular weight is 394 g/mol. The zero-order valence-electron chi connectivity index (χ0n) is 13.8. The maximum Gasteiger partial charge on any atom is 0.261 e. The number of rotatable bonds is 2. The summed E-state index contributed by atoms with van der Waals surface area (Å²) in [5, 5.41) is 2.95. The van der Waals surface area contributed by atoms with Crippen molar-refractivity contribution in [3.8, 4) is 11.5 Å². The Morgan fingerprint density at radius 3 is 2.38 bits per heavy atom. The van der Waals surface area contributed by atoms with E-state index < -0.39 is 10.1 Å². The maximum absolute atomic E-state index is 9.19. The summed E-state index contributed by atoms with van der Waals surface area (Å²) in [4.78, 5) is 4.33. The monoisotopic (exact) mass is 393 g/mol. The van der Waals surface area contributed by atoms with Crippen LogP contribution >= 0.6 is 11.6 Å². The molecular weight excluding hydrogens is 378 g/mol. The van der Waals surface area contributed by atoms with Gasteiger partial charge in [-0.05, 0) is 47.2 Å². The van der Waals surface area contributed by atoms with Crippen molar-refractivity contribution in [3.05, 3.63) is 64.9 Å². The first-order valence-electron chi connectivity index (χ1n) is 7.63. The van der Waals surface area contributed by atoms with E-state index in [1.54, 1.807) is 0 Å². The van der Waals surface area contributed by atoms with E-state index in [0.29, 0.717) is 6.26 Å². The SMILES string of the molecule is CS(=O)(=O)O.Clc1ccc(Cc2cncc3cc4c(cc23)OCO4)cc1. The van der Waals surface area contributed by atoms with Crippen LogP contribution in [0.15, 0.2) is 48.8 Å². The Bertz CT molecular complexity index is 1030. The Morgan fingerprint density at radius 2 is 1.73 bits per heavy atom. The molecule has 3 aromatic rings. The highest BCUT2D eigenvalue weighted by Gasteiger charge is 2.15. The predicted octanol–water partition coefficient (Wildman–Crippen LogP) is 3.71. The summed E-state index contributed by atoms with van der Waals surface area (Å²) in [5.74, 6) is 1.58. The maximum atomic E-state index is 9.19. The van der Waals surface area contributed by atoms with Crippen molar-refractivity contribution in [2.24, 2.45) is 0 Å². The minimum atomic E-state index is -3.67. The molecule has 0 spiro atoms. The zero-order chi connectivity index (χ0) is 18.7. The molecule has 0 saturated heterocycles. The van der Waals surface area contributed by atoms with Gasteiger partial charge in [-0.3, -0.25) is 9.54 Å². The van der Waals surface area contributed by atoms with E-state index in [4.69, 9.17) is 25.6 Å². The fraction of sp³-hybridized carbons (Fsp3) is 0.167. The van der Waals surface area contributed by atoms with Gasteiger partial charge in [0.05, 0.1) is 6.26 Å². The summed E-state index contributed by atoms with van der Waals surface area (Å²) in [6.45, 7) is 0.283. The number of nitrogens with zero attached hydrogens (tertiary/aromatic N) is 1. The Kier molecular flexibility index (Phi) is 5.31. The first kappa shape index (κ1) is 18.4. The molecule has 26 heavy (non-hydrogen) atoms. The fourth-order valence-electron chi connectivity index (χ4n) is 2.58. The number of hydrogen-bond donors (Lipinski definition) is 1. The van der Waals surface area contributed by atoms with Crippen molar-refractivity contribution >= 4 is 32.5 Å². The number of benzene rings is 2. The number of fused-ring (bicyclic) bond motifs is 2. The summed E-state index contributed by atoms with van der Waals surface area (Å²) in [6.07, 6.45) is 5.27. The summed E-state index contributed by atoms with van der Waals surface area (Å²) >= 11 is 5.93. The molecular formula is C18H16ClNO5S. The molecule has 0 aliphatic carbocycles. The molecule has 0 unspecified atom stereocenters. The molecule has 6 nitrogen and oxygen atoms in total. The van der Waals surface area contributed by atoms with Crippen LogP contribution < -0.4 is 9.47 Å².